The van der Waals surface area contributed by atoms with Crippen molar-refractivity contribution < 1.29 is 9.59 Å². The van der Waals surface area contributed by atoms with Crippen LogP contribution in [-0.2, 0) is 4.79 Å². The number of amides is 2. The lowest BCUT2D eigenvalue weighted by Gasteiger charge is -2.25. The Morgan fingerprint density at radius 3 is 2.94 bits per heavy atom. The average molecular weight is 262 g/mol. The van der Waals surface area contributed by atoms with Crippen molar-refractivity contribution in [3.05, 3.63) is 23.8 Å². The molecule has 1 heterocycles. The van der Waals surface area contributed by atoms with Crippen LogP contribution in [0.5, 0.6) is 0 Å². The molecule has 1 aliphatic carbocycles. The molecule has 0 spiro atoms. The van der Waals surface area contributed by atoms with Gasteiger partial charge in [-0.3, -0.25) is 9.59 Å². The van der Waals surface area contributed by atoms with Crippen molar-refractivity contribution in [3.63, 3.8) is 0 Å². The highest BCUT2D eigenvalue weighted by molar-refractivity contribution is 8.00. The zero-order chi connectivity index (χ0) is 12.7. The van der Waals surface area contributed by atoms with Crippen LogP contribution in [0, 0.1) is 0 Å². The van der Waals surface area contributed by atoms with Crippen LogP contribution in [0.15, 0.2) is 23.1 Å². The summed E-state index contributed by atoms with van der Waals surface area (Å²) in [6, 6.07) is 5.90. The van der Waals surface area contributed by atoms with Gasteiger partial charge in [0.1, 0.15) is 0 Å². The first-order chi connectivity index (χ1) is 8.65. The Bertz CT molecular complexity index is 526. The number of hydrogen-bond acceptors (Lipinski definition) is 3. The molecule has 1 saturated carbocycles. The smallest absolute Gasteiger partial charge is 0.251 e. The highest BCUT2D eigenvalue weighted by atomic mass is 32.2. The molecule has 1 N–H and O–H groups in total. The van der Waals surface area contributed by atoms with Crippen LogP contribution in [0.1, 0.15) is 23.2 Å². The number of rotatable bonds is 2. The molecule has 0 bridgehead atoms. The molecular formula is C13H14N2O2S. The van der Waals surface area contributed by atoms with Crippen molar-refractivity contribution >= 4 is 29.3 Å². The Balaban J connectivity index is 1.89. The molecule has 0 aromatic heterocycles. The molecule has 0 unspecified atom stereocenters. The molecule has 1 aromatic rings. The van der Waals surface area contributed by atoms with Gasteiger partial charge in [0, 0.05) is 23.5 Å². The Labute approximate surface area is 110 Å². The maximum Gasteiger partial charge on any atom is 0.251 e. The number of nitrogens with zero attached hydrogens (tertiary/aromatic N) is 1. The third kappa shape index (κ3) is 2.10. The first kappa shape index (κ1) is 11.6. The van der Waals surface area contributed by atoms with E-state index in [1.54, 1.807) is 18.0 Å². The predicted molar refractivity (Wildman–Crippen MR) is 71.1 cm³/mol. The number of thioether (sulfide) groups is 1. The largest absolute Gasteiger partial charge is 0.349 e. The van der Waals surface area contributed by atoms with Gasteiger partial charge in [-0.1, -0.05) is 0 Å². The van der Waals surface area contributed by atoms with E-state index in [0.717, 1.165) is 23.4 Å². The number of carbonyl (C=O) groups is 2. The van der Waals surface area contributed by atoms with Crippen molar-refractivity contribution in [1.29, 1.82) is 0 Å². The molecule has 0 atom stereocenters. The maximum atomic E-state index is 11.9. The lowest BCUT2D eigenvalue weighted by molar-refractivity contribution is -0.116. The molecule has 2 amide bonds. The second-order valence-corrected chi connectivity index (χ2v) is 5.69. The zero-order valence-electron chi connectivity index (χ0n) is 10.1. The number of anilines is 1. The number of benzene rings is 1. The Morgan fingerprint density at radius 1 is 1.44 bits per heavy atom. The first-order valence-electron chi connectivity index (χ1n) is 5.99. The third-order valence-electron chi connectivity index (χ3n) is 3.22. The summed E-state index contributed by atoms with van der Waals surface area (Å²) >= 11 is 1.52. The first-order valence-corrected chi connectivity index (χ1v) is 6.98. The summed E-state index contributed by atoms with van der Waals surface area (Å²) in [7, 11) is 1.75. The van der Waals surface area contributed by atoms with Crippen molar-refractivity contribution in [3.8, 4) is 0 Å². The molecule has 3 rings (SSSR count). The second-order valence-electron chi connectivity index (χ2n) is 4.67. The van der Waals surface area contributed by atoms with Gasteiger partial charge in [-0.05, 0) is 31.0 Å². The fraction of sp³-hybridized carbons (Fsp3) is 0.385. The van der Waals surface area contributed by atoms with Crippen LogP contribution in [-0.4, -0.2) is 30.7 Å². The number of carbonyl (C=O) groups excluding carboxylic acids is 2. The zero-order valence-corrected chi connectivity index (χ0v) is 10.9. The van der Waals surface area contributed by atoms with Gasteiger partial charge in [0.05, 0.1) is 11.4 Å². The van der Waals surface area contributed by atoms with Crippen LogP contribution in [0.4, 0.5) is 5.69 Å². The molecule has 94 valence electrons. The summed E-state index contributed by atoms with van der Waals surface area (Å²) < 4.78 is 0. The van der Waals surface area contributed by atoms with E-state index in [0.29, 0.717) is 17.4 Å². The summed E-state index contributed by atoms with van der Waals surface area (Å²) in [5.74, 6) is 0.501. The molecule has 18 heavy (non-hydrogen) atoms. The van der Waals surface area contributed by atoms with Crippen molar-refractivity contribution in [2.45, 2.75) is 23.8 Å². The van der Waals surface area contributed by atoms with Crippen molar-refractivity contribution in [2.24, 2.45) is 0 Å². The van der Waals surface area contributed by atoms with Gasteiger partial charge in [0.25, 0.3) is 5.91 Å². The second kappa shape index (κ2) is 4.31. The van der Waals surface area contributed by atoms with Crippen molar-refractivity contribution in [1.82, 2.24) is 5.32 Å². The van der Waals surface area contributed by atoms with Crippen LogP contribution < -0.4 is 10.2 Å². The van der Waals surface area contributed by atoms with E-state index in [9.17, 15) is 9.59 Å². The lowest BCUT2D eigenvalue weighted by atomic mass is 10.1. The number of hydrogen-bond donors (Lipinski definition) is 1. The lowest BCUT2D eigenvalue weighted by Crippen LogP contribution is -2.32. The van der Waals surface area contributed by atoms with Crippen molar-refractivity contribution in [2.75, 3.05) is 17.7 Å². The molecule has 1 aliphatic heterocycles. The van der Waals surface area contributed by atoms with Gasteiger partial charge < -0.3 is 10.2 Å². The molecule has 2 aliphatic rings. The fourth-order valence-electron chi connectivity index (χ4n) is 1.91. The SMILES string of the molecule is CN1C(=O)CSc2ccc(C(=O)NC3CC3)cc21. The Kier molecular flexibility index (Phi) is 2.78. The molecule has 1 aromatic carbocycles. The maximum absolute atomic E-state index is 11.9. The van der Waals surface area contributed by atoms with Gasteiger partial charge >= 0.3 is 0 Å². The Hall–Kier alpha value is -1.49. The molecule has 0 radical (unpaired) electrons. The molecule has 5 heteroatoms. The predicted octanol–water partition coefficient (Wildman–Crippen LogP) is 1.65. The molecular weight excluding hydrogens is 248 g/mol. The minimum absolute atomic E-state index is 0.0447. The number of fused-ring (bicyclic) bond motifs is 1. The minimum atomic E-state index is -0.0447. The fourth-order valence-corrected chi connectivity index (χ4v) is 2.89. The molecule has 1 fully saturated rings. The van der Waals surface area contributed by atoms with Gasteiger partial charge in [0.2, 0.25) is 5.91 Å². The van der Waals surface area contributed by atoms with E-state index in [4.69, 9.17) is 0 Å². The summed E-state index contributed by atoms with van der Waals surface area (Å²) in [5, 5.41) is 2.95. The summed E-state index contributed by atoms with van der Waals surface area (Å²) in [4.78, 5) is 26.3. The molecule has 4 nitrogen and oxygen atoms in total. The van der Waals surface area contributed by atoms with Gasteiger partial charge in [-0.2, -0.15) is 0 Å². The summed E-state index contributed by atoms with van der Waals surface area (Å²) in [5.41, 5.74) is 1.46. The van der Waals surface area contributed by atoms with Gasteiger partial charge in [-0.15, -0.1) is 11.8 Å². The number of nitrogens with one attached hydrogen (secondary N) is 1. The van der Waals surface area contributed by atoms with Gasteiger partial charge in [0.15, 0.2) is 0 Å². The van der Waals surface area contributed by atoms with E-state index in [1.807, 2.05) is 12.1 Å². The quantitative estimate of drug-likeness (QED) is 0.881. The van der Waals surface area contributed by atoms with E-state index >= 15 is 0 Å². The topological polar surface area (TPSA) is 49.4 Å². The van der Waals surface area contributed by atoms with E-state index < -0.39 is 0 Å². The third-order valence-corrected chi connectivity index (χ3v) is 4.27. The summed E-state index contributed by atoms with van der Waals surface area (Å²) in [6.07, 6.45) is 2.15. The Morgan fingerprint density at radius 2 is 2.22 bits per heavy atom. The highest BCUT2D eigenvalue weighted by Crippen LogP contribution is 2.35. The monoisotopic (exact) mass is 262 g/mol. The highest BCUT2D eigenvalue weighted by Gasteiger charge is 2.26. The molecule has 0 saturated heterocycles. The van der Waals surface area contributed by atoms with E-state index in [-0.39, 0.29) is 11.8 Å². The van der Waals surface area contributed by atoms with Crippen LogP contribution in [0.3, 0.4) is 0 Å². The normalized spacial score (nSPS) is 18.5. The van der Waals surface area contributed by atoms with E-state index in [2.05, 4.69) is 5.32 Å². The standard InChI is InChI=1S/C13H14N2O2S/c1-15-10-6-8(13(17)14-9-3-4-9)2-5-11(10)18-7-12(15)16/h2,5-6,9H,3-4,7H2,1H3,(H,14,17). The van der Waals surface area contributed by atoms with Gasteiger partial charge in [-0.25, -0.2) is 0 Å². The van der Waals surface area contributed by atoms with E-state index in [1.165, 1.54) is 11.8 Å². The minimum Gasteiger partial charge on any atom is -0.349 e. The average Bonchev–Trinajstić information content (AvgIpc) is 3.17. The summed E-state index contributed by atoms with van der Waals surface area (Å²) in [6.45, 7) is 0. The van der Waals surface area contributed by atoms with Crippen LogP contribution in [0.2, 0.25) is 0 Å². The van der Waals surface area contributed by atoms with Crippen LogP contribution >= 0.6 is 11.8 Å². The van der Waals surface area contributed by atoms with Crippen LogP contribution in [0.25, 0.3) is 0 Å².